The van der Waals surface area contributed by atoms with Gasteiger partial charge in [-0.05, 0) is 43.5 Å². The number of hydrogen-bond donors (Lipinski definition) is 0. The Morgan fingerprint density at radius 1 is 1.14 bits per heavy atom. The molecule has 0 spiro atoms. The maximum absolute atomic E-state index is 8.71. The Labute approximate surface area is 130 Å². The van der Waals surface area contributed by atoms with Crippen molar-refractivity contribution >= 4 is 10.9 Å². The van der Waals surface area contributed by atoms with Crippen molar-refractivity contribution in [2.24, 2.45) is 0 Å². The van der Waals surface area contributed by atoms with Gasteiger partial charge in [0, 0.05) is 41.8 Å². The van der Waals surface area contributed by atoms with Gasteiger partial charge in [0.1, 0.15) is 0 Å². The third-order valence-corrected chi connectivity index (χ3v) is 4.08. The van der Waals surface area contributed by atoms with E-state index in [0.717, 1.165) is 24.9 Å². The summed E-state index contributed by atoms with van der Waals surface area (Å²) in [6, 6.07) is 14.8. The zero-order valence-electron chi connectivity index (χ0n) is 12.8. The van der Waals surface area contributed by atoms with E-state index in [0.29, 0.717) is 6.42 Å². The molecule has 0 amide bonds. The predicted octanol–water partition coefficient (Wildman–Crippen LogP) is 4.71. The van der Waals surface area contributed by atoms with Crippen molar-refractivity contribution in [2.45, 2.75) is 32.7 Å². The Morgan fingerprint density at radius 2 is 2.00 bits per heavy atom. The molecule has 3 nitrogen and oxygen atoms in total. The molecule has 0 N–H and O–H groups in total. The normalized spacial score (nSPS) is 10.7. The molecule has 0 fully saturated rings. The lowest BCUT2D eigenvalue weighted by molar-refractivity contribution is 0.635. The highest BCUT2D eigenvalue weighted by atomic mass is 15.0. The van der Waals surface area contributed by atoms with Crippen molar-refractivity contribution in [3.63, 3.8) is 0 Å². The van der Waals surface area contributed by atoms with Crippen molar-refractivity contribution in [2.75, 3.05) is 0 Å². The first-order chi connectivity index (χ1) is 10.8. The van der Waals surface area contributed by atoms with E-state index in [1.165, 1.54) is 22.2 Å². The number of pyridine rings is 1. The molecular weight excluding hydrogens is 270 g/mol. The van der Waals surface area contributed by atoms with Crippen molar-refractivity contribution in [1.29, 1.82) is 5.26 Å². The number of nitrogens with zero attached hydrogens (tertiary/aromatic N) is 3. The molecule has 0 aliphatic carbocycles. The molecule has 2 aromatic heterocycles. The van der Waals surface area contributed by atoms with Crippen LogP contribution in [0.3, 0.4) is 0 Å². The van der Waals surface area contributed by atoms with Crippen molar-refractivity contribution in [3.8, 4) is 17.3 Å². The Morgan fingerprint density at radius 3 is 2.77 bits per heavy atom. The van der Waals surface area contributed by atoms with E-state index in [1.807, 2.05) is 12.3 Å². The van der Waals surface area contributed by atoms with Gasteiger partial charge in [-0.1, -0.05) is 18.2 Å². The molecule has 0 aliphatic heterocycles. The minimum atomic E-state index is 0.625. The van der Waals surface area contributed by atoms with Gasteiger partial charge >= 0.3 is 0 Å². The Kier molecular flexibility index (Phi) is 4.20. The maximum atomic E-state index is 8.71. The van der Waals surface area contributed by atoms with Crippen LogP contribution in [-0.4, -0.2) is 9.55 Å². The van der Waals surface area contributed by atoms with Gasteiger partial charge in [-0.2, -0.15) is 5.26 Å². The number of unbranched alkanes of at least 4 members (excludes halogenated alkanes) is 2. The van der Waals surface area contributed by atoms with E-state index in [9.17, 15) is 0 Å². The summed E-state index contributed by atoms with van der Waals surface area (Å²) in [5.41, 5.74) is 4.95. The predicted molar refractivity (Wildman–Crippen MR) is 89.4 cm³/mol. The number of fused-ring (bicyclic) bond motifs is 1. The number of aromatic nitrogens is 2. The standard InChI is InChI=1S/C19H19N3/c1-15-17-9-3-4-10-18(17)22(13-6-2-5-11-20)19(15)16-8-7-12-21-14-16/h3-4,7-10,12,14H,2,5-6,13H2,1H3. The Hall–Kier alpha value is -2.60. The minimum absolute atomic E-state index is 0.625. The van der Waals surface area contributed by atoms with Crippen LogP contribution in [0.15, 0.2) is 48.8 Å². The Bertz CT molecular complexity index is 810. The minimum Gasteiger partial charge on any atom is -0.340 e. The second-order valence-corrected chi connectivity index (χ2v) is 5.50. The quantitative estimate of drug-likeness (QED) is 0.638. The van der Waals surface area contributed by atoms with E-state index in [-0.39, 0.29) is 0 Å². The molecule has 3 aromatic rings. The highest BCUT2D eigenvalue weighted by Crippen LogP contribution is 2.33. The molecular formula is C19H19N3. The first kappa shape index (κ1) is 14.3. The fourth-order valence-corrected chi connectivity index (χ4v) is 3.06. The summed E-state index contributed by atoms with van der Waals surface area (Å²) in [5.74, 6) is 0. The number of hydrogen-bond acceptors (Lipinski definition) is 2. The first-order valence-corrected chi connectivity index (χ1v) is 7.68. The molecule has 0 saturated carbocycles. The second-order valence-electron chi connectivity index (χ2n) is 5.50. The van der Waals surface area contributed by atoms with E-state index >= 15 is 0 Å². The summed E-state index contributed by atoms with van der Waals surface area (Å²) in [5, 5.41) is 10.0. The molecule has 0 atom stereocenters. The number of aryl methyl sites for hydroxylation is 2. The van der Waals surface area contributed by atoms with Crippen LogP contribution in [0.5, 0.6) is 0 Å². The van der Waals surface area contributed by atoms with Crippen LogP contribution in [0.2, 0.25) is 0 Å². The SMILES string of the molecule is Cc1c(-c2cccnc2)n(CCCCC#N)c2ccccc12. The summed E-state index contributed by atoms with van der Waals surface area (Å²) < 4.78 is 2.37. The lowest BCUT2D eigenvalue weighted by Crippen LogP contribution is -2.01. The highest BCUT2D eigenvalue weighted by Gasteiger charge is 2.15. The van der Waals surface area contributed by atoms with Gasteiger partial charge in [0.2, 0.25) is 0 Å². The van der Waals surface area contributed by atoms with Gasteiger partial charge in [-0.25, -0.2) is 0 Å². The fraction of sp³-hybridized carbons (Fsp3) is 0.263. The molecule has 0 radical (unpaired) electrons. The number of rotatable bonds is 5. The smallest absolute Gasteiger partial charge is 0.0621 e. The summed E-state index contributed by atoms with van der Waals surface area (Å²) in [6.07, 6.45) is 6.31. The molecule has 0 aliphatic rings. The van der Waals surface area contributed by atoms with Crippen molar-refractivity contribution in [3.05, 3.63) is 54.4 Å². The van der Waals surface area contributed by atoms with E-state index in [1.54, 1.807) is 6.20 Å². The van der Waals surface area contributed by atoms with Crippen molar-refractivity contribution < 1.29 is 0 Å². The molecule has 0 unspecified atom stereocenters. The molecule has 110 valence electrons. The summed E-state index contributed by atoms with van der Waals surface area (Å²) in [6.45, 7) is 3.11. The second kappa shape index (κ2) is 6.44. The zero-order valence-corrected chi connectivity index (χ0v) is 12.8. The summed E-state index contributed by atoms with van der Waals surface area (Å²) in [4.78, 5) is 4.27. The van der Waals surface area contributed by atoms with Crippen LogP contribution in [0.4, 0.5) is 0 Å². The van der Waals surface area contributed by atoms with Gasteiger partial charge < -0.3 is 4.57 Å². The summed E-state index contributed by atoms with van der Waals surface area (Å²) >= 11 is 0. The first-order valence-electron chi connectivity index (χ1n) is 7.68. The third-order valence-electron chi connectivity index (χ3n) is 4.08. The summed E-state index contributed by atoms with van der Waals surface area (Å²) in [7, 11) is 0. The molecule has 0 bridgehead atoms. The van der Waals surface area contributed by atoms with Crippen LogP contribution in [0.25, 0.3) is 22.2 Å². The van der Waals surface area contributed by atoms with Crippen LogP contribution in [0.1, 0.15) is 24.8 Å². The van der Waals surface area contributed by atoms with Crippen molar-refractivity contribution in [1.82, 2.24) is 9.55 Å². The average molecular weight is 289 g/mol. The molecule has 0 saturated heterocycles. The van der Waals surface area contributed by atoms with Gasteiger partial charge in [-0.3, -0.25) is 4.98 Å². The highest BCUT2D eigenvalue weighted by molar-refractivity contribution is 5.91. The topological polar surface area (TPSA) is 41.6 Å². The number of benzene rings is 1. The fourth-order valence-electron chi connectivity index (χ4n) is 3.06. The molecule has 3 rings (SSSR count). The lowest BCUT2D eigenvalue weighted by Gasteiger charge is -2.11. The zero-order chi connectivity index (χ0) is 15.4. The van der Waals surface area contributed by atoms with Crippen LogP contribution >= 0.6 is 0 Å². The van der Waals surface area contributed by atoms with Crippen LogP contribution < -0.4 is 0 Å². The third kappa shape index (κ3) is 2.60. The van der Waals surface area contributed by atoms with Gasteiger partial charge in [0.05, 0.1) is 11.8 Å². The molecule has 22 heavy (non-hydrogen) atoms. The van der Waals surface area contributed by atoms with E-state index < -0.39 is 0 Å². The number of nitriles is 1. The van der Waals surface area contributed by atoms with Gasteiger partial charge in [0.15, 0.2) is 0 Å². The Balaban J connectivity index is 2.09. The van der Waals surface area contributed by atoms with E-state index in [2.05, 4.69) is 52.9 Å². The van der Waals surface area contributed by atoms with E-state index in [4.69, 9.17) is 5.26 Å². The van der Waals surface area contributed by atoms with Gasteiger partial charge in [0.25, 0.3) is 0 Å². The monoisotopic (exact) mass is 289 g/mol. The molecule has 1 aromatic carbocycles. The largest absolute Gasteiger partial charge is 0.340 e. The molecule has 2 heterocycles. The number of para-hydroxylation sites is 1. The molecule has 3 heteroatoms. The van der Waals surface area contributed by atoms with Crippen LogP contribution in [0, 0.1) is 18.3 Å². The van der Waals surface area contributed by atoms with Crippen LogP contribution in [-0.2, 0) is 6.54 Å². The van der Waals surface area contributed by atoms with Gasteiger partial charge in [-0.15, -0.1) is 0 Å². The lowest BCUT2D eigenvalue weighted by atomic mass is 10.1. The maximum Gasteiger partial charge on any atom is 0.0621 e. The average Bonchev–Trinajstić information content (AvgIpc) is 2.85.